The van der Waals surface area contributed by atoms with E-state index in [0.29, 0.717) is 6.54 Å². The van der Waals surface area contributed by atoms with Crippen molar-refractivity contribution in [3.05, 3.63) is 0 Å². The van der Waals surface area contributed by atoms with Gasteiger partial charge in [-0.05, 0) is 25.8 Å². The summed E-state index contributed by atoms with van der Waals surface area (Å²) in [5, 5.41) is 11.6. The molecule has 5 heteroatoms. The van der Waals surface area contributed by atoms with Crippen molar-refractivity contribution < 1.29 is 13.5 Å². The van der Waals surface area contributed by atoms with Crippen LogP contribution in [0.3, 0.4) is 0 Å². The molecular weight excluding hydrogens is 202 g/mol. The summed E-state index contributed by atoms with van der Waals surface area (Å²) in [5.41, 5.74) is 0. The molecule has 0 amide bonds. The van der Waals surface area contributed by atoms with Crippen molar-refractivity contribution in [3.8, 4) is 0 Å². The standard InChI is InChI=1S/C9H21NO3S/c1-2-14(12,13)9-7-10-6-4-3-5-8-11/h10-11H,2-9H2,1H3. The molecule has 2 N–H and O–H groups in total. The monoisotopic (exact) mass is 223 g/mol. The Kier molecular flexibility index (Phi) is 8.12. The van der Waals surface area contributed by atoms with Gasteiger partial charge in [0.15, 0.2) is 9.84 Å². The second kappa shape index (κ2) is 8.20. The highest BCUT2D eigenvalue weighted by Crippen LogP contribution is 1.92. The van der Waals surface area contributed by atoms with Crippen molar-refractivity contribution >= 4 is 9.84 Å². The topological polar surface area (TPSA) is 66.4 Å². The summed E-state index contributed by atoms with van der Waals surface area (Å²) in [5.74, 6) is 0.447. The van der Waals surface area contributed by atoms with E-state index >= 15 is 0 Å². The lowest BCUT2D eigenvalue weighted by atomic mass is 10.2. The fourth-order valence-corrected chi connectivity index (χ4v) is 1.78. The van der Waals surface area contributed by atoms with Crippen LogP contribution >= 0.6 is 0 Å². The van der Waals surface area contributed by atoms with Crippen LogP contribution in [0.2, 0.25) is 0 Å². The molecule has 0 rings (SSSR count). The SMILES string of the molecule is CCS(=O)(=O)CCNCCCCCO. The van der Waals surface area contributed by atoms with Crippen molar-refractivity contribution in [3.63, 3.8) is 0 Å². The van der Waals surface area contributed by atoms with Gasteiger partial charge < -0.3 is 10.4 Å². The summed E-state index contributed by atoms with van der Waals surface area (Å²) < 4.78 is 22.1. The van der Waals surface area contributed by atoms with Crippen molar-refractivity contribution in [1.82, 2.24) is 5.32 Å². The number of aliphatic hydroxyl groups excluding tert-OH is 1. The van der Waals surface area contributed by atoms with Gasteiger partial charge in [-0.3, -0.25) is 0 Å². The highest BCUT2D eigenvalue weighted by molar-refractivity contribution is 7.91. The summed E-state index contributed by atoms with van der Waals surface area (Å²) >= 11 is 0. The first-order chi connectivity index (χ1) is 6.62. The zero-order valence-electron chi connectivity index (χ0n) is 8.83. The average Bonchev–Trinajstić information content (AvgIpc) is 2.16. The zero-order valence-corrected chi connectivity index (χ0v) is 9.65. The molecule has 0 saturated heterocycles. The van der Waals surface area contributed by atoms with Gasteiger partial charge >= 0.3 is 0 Å². The van der Waals surface area contributed by atoms with Gasteiger partial charge in [0.2, 0.25) is 0 Å². The van der Waals surface area contributed by atoms with Crippen LogP contribution in [-0.4, -0.2) is 44.7 Å². The molecule has 4 nitrogen and oxygen atoms in total. The second-order valence-corrected chi connectivity index (χ2v) is 5.74. The first kappa shape index (κ1) is 13.9. The molecule has 0 bridgehead atoms. The van der Waals surface area contributed by atoms with Crippen molar-refractivity contribution in [2.45, 2.75) is 26.2 Å². The zero-order chi connectivity index (χ0) is 10.9. The molecule has 0 aromatic heterocycles. The third-order valence-electron chi connectivity index (χ3n) is 2.04. The third kappa shape index (κ3) is 8.47. The lowest BCUT2D eigenvalue weighted by Gasteiger charge is -2.04. The van der Waals surface area contributed by atoms with E-state index in [-0.39, 0.29) is 18.1 Å². The number of aliphatic hydroxyl groups is 1. The summed E-state index contributed by atoms with van der Waals surface area (Å²) in [6, 6.07) is 0. The van der Waals surface area contributed by atoms with Crippen LogP contribution in [0.5, 0.6) is 0 Å². The molecule has 0 aromatic carbocycles. The van der Waals surface area contributed by atoms with E-state index in [1.807, 2.05) is 0 Å². The lowest BCUT2D eigenvalue weighted by Crippen LogP contribution is -2.24. The van der Waals surface area contributed by atoms with Gasteiger partial charge in [0.25, 0.3) is 0 Å². The fourth-order valence-electron chi connectivity index (χ4n) is 1.04. The van der Waals surface area contributed by atoms with Gasteiger partial charge in [0.1, 0.15) is 0 Å². The van der Waals surface area contributed by atoms with Crippen LogP contribution < -0.4 is 5.32 Å². The van der Waals surface area contributed by atoms with Crippen LogP contribution in [0.15, 0.2) is 0 Å². The normalized spacial score (nSPS) is 11.9. The van der Waals surface area contributed by atoms with E-state index in [9.17, 15) is 8.42 Å². The predicted octanol–water partition coefficient (Wildman–Crippen LogP) is 0.173. The van der Waals surface area contributed by atoms with E-state index in [0.717, 1.165) is 25.8 Å². The molecule has 0 aliphatic rings. The predicted molar refractivity (Wildman–Crippen MR) is 58.1 cm³/mol. The Hall–Kier alpha value is -0.130. The van der Waals surface area contributed by atoms with E-state index in [2.05, 4.69) is 5.32 Å². The summed E-state index contributed by atoms with van der Waals surface area (Å²) in [6.45, 7) is 3.27. The highest BCUT2D eigenvalue weighted by atomic mass is 32.2. The first-order valence-electron chi connectivity index (χ1n) is 5.14. The smallest absolute Gasteiger partial charge is 0.151 e. The maximum Gasteiger partial charge on any atom is 0.151 e. The van der Waals surface area contributed by atoms with Crippen LogP contribution in [0, 0.1) is 0 Å². The number of rotatable bonds is 9. The van der Waals surface area contributed by atoms with Gasteiger partial charge in [-0.2, -0.15) is 0 Å². The summed E-state index contributed by atoms with van der Waals surface area (Å²) in [4.78, 5) is 0. The fraction of sp³-hybridized carbons (Fsp3) is 1.00. The molecule has 14 heavy (non-hydrogen) atoms. The van der Waals surface area contributed by atoms with Gasteiger partial charge in [-0.15, -0.1) is 0 Å². The molecular formula is C9H21NO3S. The quantitative estimate of drug-likeness (QED) is 0.547. The van der Waals surface area contributed by atoms with Crippen LogP contribution in [0.4, 0.5) is 0 Å². The Morgan fingerprint density at radius 1 is 1.14 bits per heavy atom. The molecule has 0 fully saturated rings. The molecule has 0 aromatic rings. The van der Waals surface area contributed by atoms with E-state index in [4.69, 9.17) is 5.11 Å². The third-order valence-corrected chi connectivity index (χ3v) is 3.75. The number of sulfone groups is 1. The molecule has 0 spiro atoms. The minimum atomic E-state index is -2.82. The Bertz CT molecular complexity index is 214. The van der Waals surface area contributed by atoms with Crippen molar-refractivity contribution in [2.24, 2.45) is 0 Å². The van der Waals surface area contributed by atoms with Crippen molar-refractivity contribution in [1.29, 1.82) is 0 Å². The molecule has 0 aliphatic carbocycles. The molecule has 86 valence electrons. The number of hydrogen-bond donors (Lipinski definition) is 2. The minimum Gasteiger partial charge on any atom is -0.396 e. The second-order valence-electron chi connectivity index (χ2n) is 3.27. The molecule has 0 atom stereocenters. The summed E-state index contributed by atoms with van der Waals surface area (Å²) in [7, 11) is -2.82. The lowest BCUT2D eigenvalue weighted by molar-refractivity contribution is 0.283. The van der Waals surface area contributed by atoms with Crippen LogP contribution in [0.25, 0.3) is 0 Å². The van der Waals surface area contributed by atoms with E-state index in [1.54, 1.807) is 6.92 Å². The van der Waals surface area contributed by atoms with Crippen molar-refractivity contribution in [2.75, 3.05) is 31.2 Å². The van der Waals surface area contributed by atoms with Gasteiger partial charge in [-0.1, -0.05) is 6.92 Å². The molecule has 0 aliphatic heterocycles. The van der Waals surface area contributed by atoms with Gasteiger partial charge in [-0.25, -0.2) is 8.42 Å². The van der Waals surface area contributed by atoms with Gasteiger partial charge in [0, 0.05) is 18.9 Å². The Balaban J connectivity index is 3.22. The minimum absolute atomic E-state index is 0.221. The first-order valence-corrected chi connectivity index (χ1v) is 6.96. The molecule has 0 unspecified atom stereocenters. The maximum atomic E-state index is 11.1. The number of unbranched alkanes of at least 4 members (excludes halogenated alkanes) is 2. The number of nitrogens with one attached hydrogen (secondary N) is 1. The molecule has 0 heterocycles. The molecule has 0 saturated carbocycles. The maximum absolute atomic E-state index is 11.1. The Morgan fingerprint density at radius 2 is 1.86 bits per heavy atom. The van der Waals surface area contributed by atoms with E-state index in [1.165, 1.54) is 0 Å². The van der Waals surface area contributed by atoms with Gasteiger partial charge in [0.05, 0.1) is 5.75 Å². The Labute approximate surface area is 86.6 Å². The van der Waals surface area contributed by atoms with E-state index < -0.39 is 9.84 Å². The largest absolute Gasteiger partial charge is 0.396 e. The number of hydrogen-bond acceptors (Lipinski definition) is 4. The molecule has 0 radical (unpaired) electrons. The summed E-state index contributed by atoms with van der Waals surface area (Å²) in [6.07, 6.45) is 2.81. The Morgan fingerprint density at radius 3 is 2.43 bits per heavy atom. The highest BCUT2D eigenvalue weighted by Gasteiger charge is 2.05. The van der Waals surface area contributed by atoms with Crippen LogP contribution in [-0.2, 0) is 9.84 Å². The van der Waals surface area contributed by atoms with Crippen LogP contribution in [0.1, 0.15) is 26.2 Å². The average molecular weight is 223 g/mol.